The van der Waals surface area contributed by atoms with Gasteiger partial charge in [-0.25, -0.2) is 4.79 Å². The van der Waals surface area contributed by atoms with Gasteiger partial charge in [0.25, 0.3) is 0 Å². The van der Waals surface area contributed by atoms with Crippen LogP contribution in [0, 0.1) is 0 Å². The van der Waals surface area contributed by atoms with Gasteiger partial charge < -0.3 is 14.7 Å². The molecule has 1 aromatic rings. The fraction of sp³-hybridized carbons (Fsp3) is 0.529. The molecule has 0 bridgehead atoms. The molecule has 1 saturated heterocycles. The summed E-state index contributed by atoms with van der Waals surface area (Å²) in [6.45, 7) is 5.96. The Labute approximate surface area is 130 Å². The number of carbonyl (C=O) groups excluding carboxylic acids is 1. The smallest absolute Gasteiger partial charge is 0.410 e. The van der Waals surface area contributed by atoms with E-state index in [1.165, 1.54) is 0 Å². The van der Waals surface area contributed by atoms with E-state index in [1.54, 1.807) is 17.0 Å². The Morgan fingerprint density at radius 3 is 2.45 bits per heavy atom. The van der Waals surface area contributed by atoms with Crippen LogP contribution >= 0.6 is 0 Å². The van der Waals surface area contributed by atoms with Crippen molar-refractivity contribution in [3.05, 3.63) is 35.9 Å². The van der Waals surface area contributed by atoms with E-state index in [-0.39, 0.29) is 6.04 Å². The third kappa shape index (κ3) is 3.78. The Hall–Kier alpha value is -2.04. The predicted molar refractivity (Wildman–Crippen MR) is 82.8 cm³/mol. The molecule has 0 saturated carbocycles. The fourth-order valence-corrected chi connectivity index (χ4v) is 2.88. The monoisotopic (exact) mass is 305 g/mol. The molecule has 2 unspecified atom stereocenters. The number of rotatable bonds is 3. The fourth-order valence-electron chi connectivity index (χ4n) is 2.88. The number of hydrogen-bond acceptors (Lipinski definition) is 3. The largest absolute Gasteiger partial charge is 0.481 e. The van der Waals surface area contributed by atoms with E-state index in [2.05, 4.69) is 0 Å². The third-order valence-corrected chi connectivity index (χ3v) is 3.74. The van der Waals surface area contributed by atoms with Gasteiger partial charge in [-0.15, -0.1) is 0 Å². The summed E-state index contributed by atoms with van der Waals surface area (Å²) in [5, 5.41) is 9.64. The van der Waals surface area contributed by atoms with Gasteiger partial charge in [0.2, 0.25) is 0 Å². The zero-order chi connectivity index (χ0) is 16.3. The van der Waals surface area contributed by atoms with Gasteiger partial charge in [0.1, 0.15) is 11.5 Å². The average molecular weight is 305 g/mol. The zero-order valence-corrected chi connectivity index (χ0v) is 13.3. The second kappa shape index (κ2) is 6.38. The van der Waals surface area contributed by atoms with Crippen LogP contribution in [0.5, 0.6) is 0 Å². The summed E-state index contributed by atoms with van der Waals surface area (Å²) >= 11 is 0. The second-order valence-electron chi connectivity index (χ2n) is 6.61. The van der Waals surface area contributed by atoms with Crippen molar-refractivity contribution in [2.45, 2.75) is 51.2 Å². The summed E-state index contributed by atoms with van der Waals surface area (Å²) in [7, 11) is 0. The minimum absolute atomic E-state index is 0.366. The number of ether oxygens (including phenoxy) is 1. The van der Waals surface area contributed by atoms with Crippen LogP contribution < -0.4 is 0 Å². The van der Waals surface area contributed by atoms with Crippen LogP contribution in [0.15, 0.2) is 30.3 Å². The standard InChI is InChI=1S/C17H23NO4/c1-17(2,3)22-16(21)18-11-7-10-13(18)14(15(19)20)12-8-5-4-6-9-12/h4-6,8-9,13-14H,7,10-11H2,1-3H3,(H,19,20). The Morgan fingerprint density at radius 1 is 1.27 bits per heavy atom. The van der Waals surface area contributed by atoms with E-state index in [9.17, 15) is 14.7 Å². The van der Waals surface area contributed by atoms with Crippen LogP contribution in [0.25, 0.3) is 0 Å². The summed E-state index contributed by atoms with van der Waals surface area (Å²) in [5.41, 5.74) is 0.130. The highest BCUT2D eigenvalue weighted by Gasteiger charge is 2.40. The maximum absolute atomic E-state index is 12.3. The van der Waals surface area contributed by atoms with Crippen molar-refractivity contribution < 1.29 is 19.4 Å². The normalized spacial score (nSPS) is 19.8. The van der Waals surface area contributed by atoms with Crippen molar-refractivity contribution in [1.29, 1.82) is 0 Å². The van der Waals surface area contributed by atoms with Gasteiger partial charge in [-0.1, -0.05) is 30.3 Å². The molecule has 5 nitrogen and oxygen atoms in total. The number of amides is 1. The topological polar surface area (TPSA) is 66.8 Å². The number of carboxylic acid groups (broad SMARTS) is 1. The van der Waals surface area contributed by atoms with Crippen LogP contribution in [0.2, 0.25) is 0 Å². The minimum Gasteiger partial charge on any atom is -0.481 e. The number of nitrogens with zero attached hydrogens (tertiary/aromatic N) is 1. The maximum Gasteiger partial charge on any atom is 0.410 e. The average Bonchev–Trinajstić information content (AvgIpc) is 2.87. The minimum atomic E-state index is -0.911. The van der Waals surface area contributed by atoms with Crippen molar-refractivity contribution in [3.63, 3.8) is 0 Å². The van der Waals surface area contributed by atoms with E-state index in [0.29, 0.717) is 13.0 Å². The summed E-state index contributed by atoms with van der Waals surface area (Å²) in [5.74, 6) is -1.64. The quantitative estimate of drug-likeness (QED) is 0.931. The van der Waals surface area contributed by atoms with Gasteiger partial charge >= 0.3 is 12.1 Å². The molecule has 1 fully saturated rings. The van der Waals surface area contributed by atoms with E-state index in [1.807, 2.05) is 39.0 Å². The molecule has 120 valence electrons. The number of hydrogen-bond donors (Lipinski definition) is 1. The molecule has 22 heavy (non-hydrogen) atoms. The first kappa shape index (κ1) is 16.3. The lowest BCUT2D eigenvalue weighted by atomic mass is 9.90. The number of benzene rings is 1. The molecule has 2 rings (SSSR count). The maximum atomic E-state index is 12.3. The van der Waals surface area contributed by atoms with Crippen LogP contribution in [-0.4, -0.2) is 40.3 Å². The van der Waals surface area contributed by atoms with Gasteiger partial charge in [0, 0.05) is 6.54 Å². The van der Waals surface area contributed by atoms with Gasteiger partial charge in [0.05, 0.1) is 6.04 Å². The molecule has 1 aliphatic heterocycles. The SMILES string of the molecule is CC(C)(C)OC(=O)N1CCCC1C(C(=O)O)c1ccccc1. The molecular formula is C17H23NO4. The van der Waals surface area contributed by atoms with Crippen molar-refractivity contribution >= 4 is 12.1 Å². The third-order valence-electron chi connectivity index (χ3n) is 3.74. The lowest BCUT2D eigenvalue weighted by molar-refractivity contribution is -0.140. The lowest BCUT2D eigenvalue weighted by Gasteiger charge is -2.31. The molecule has 2 atom stereocenters. The lowest BCUT2D eigenvalue weighted by Crippen LogP contribution is -2.44. The van der Waals surface area contributed by atoms with Gasteiger partial charge in [-0.2, -0.15) is 0 Å². The molecule has 0 aliphatic carbocycles. The van der Waals surface area contributed by atoms with Crippen LogP contribution in [0.3, 0.4) is 0 Å². The van der Waals surface area contributed by atoms with E-state index in [0.717, 1.165) is 12.0 Å². The van der Waals surface area contributed by atoms with E-state index >= 15 is 0 Å². The first-order chi connectivity index (χ1) is 10.3. The molecule has 0 aromatic heterocycles. The number of aliphatic carboxylic acids is 1. The Kier molecular flexibility index (Phi) is 4.74. The Morgan fingerprint density at radius 2 is 1.91 bits per heavy atom. The van der Waals surface area contributed by atoms with Gasteiger partial charge in [-0.05, 0) is 39.2 Å². The van der Waals surface area contributed by atoms with E-state index in [4.69, 9.17) is 4.74 Å². The molecular weight excluding hydrogens is 282 g/mol. The van der Waals surface area contributed by atoms with Gasteiger partial charge in [0.15, 0.2) is 0 Å². The molecule has 0 spiro atoms. The first-order valence-electron chi connectivity index (χ1n) is 7.57. The summed E-state index contributed by atoms with van der Waals surface area (Å²) < 4.78 is 5.41. The summed E-state index contributed by atoms with van der Waals surface area (Å²) in [6, 6.07) is 8.71. The Balaban J connectivity index is 2.24. The molecule has 0 radical (unpaired) electrons. The number of likely N-dealkylation sites (tertiary alicyclic amines) is 1. The first-order valence-corrected chi connectivity index (χ1v) is 7.57. The van der Waals surface area contributed by atoms with Crippen LogP contribution in [0.1, 0.15) is 45.1 Å². The highest BCUT2D eigenvalue weighted by atomic mass is 16.6. The number of carbonyl (C=O) groups is 2. The highest BCUT2D eigenvalue weighted by Crippen LogP contribution is 2.32. The molecule has 5 heteroatoms. The summed E-state index contributed by atoms with van der Waals surface area (Å²) in [4.78, 5) is 25.7. The predicted octanol–water partition coefficient (Wildman–Crippen LogP) is 3.25. The van der Waals surface area contributed by atoms with Gasteiger partial charge in [-0.3, -0.25) is 4.79 Å². The second-order valence-corrected chi connectivity index (χ2v) is 6.61. The number of carboxylic acids is 1. The molecule has 1 aromatic carbocycles. The highest BCUT2D eigenvalue weighted by molar-refractivity contribution is 5.79. The van der Waals surface area contributed by atoms with Crippen molar-refractivity contribution in [2.24, 2.45) is 0 Å². The van der Waals surface area contributed by atoms with Crippen molar-refractivity contribution in [2.75, 3.05) is 6.54 Å². The molecule has 1 amide bonds. The van der Waals surface area contributed by atoms with Crippen molar-refractivity contribution in [1.82, 2.24) is 4.90 Å². The molecule has 1 heterocycles. The zero-order valence-electron chi connectivity index (χ0n) is 13.3. The molecule has 1 aliphatic rings. The van der Waals surface area contributed by atoms with Crippen LogP contribution in [0.4, 0.5) is 4.79 Å². The van der Waals surface area contributed by atoms with Crippen molar-refractivity contribution in [3.8, 4) is 0 Å². The summed E-state index contributed by atoms with van der Waals surface area (Å²) in [6.07, 6.45) is 1.03. The Bertz CT molecular complexity index is 535. The molecule has 1 N–H and O–H groups in total. The van der Waals surface area contributed by atoms with Crippen LogP contribution in [-0.2, 0) is 9.53 Å². The van der Waals surface area contributed by atoms with E-state index < -0.39 is 23.6 Å².